The molecule has 0 spiro atoms. The molecular formula is C17H15N3O2. The van der Waals surface area contributed by atoms with Gasteiger partial charge in [-0.05, 0) is 19.4 Å². The molecule has 3 aromatic rings. The number of ketones is 1. The van der Waals surface area contributed by atoms with Crippen LogP contribution in [0.1, 0.15) is 28.2 Å². The molecule has 110 valence electrons. The number of aryl methyl sites for hydroxylation is 2. The summed E-state index contributed by atoms with van der Waals surface area (Å²) in [5.74, 6) is 0.892. The van der Waals surface area contributed by atoms with E-state index in [9.17, 15) is 4.79 Å². The summed E-state index contributed by atoms with van der Waals surface area (Å²) in [6, 6.07) is 7.76. The Morgan fingerprint density at radius 3 is 2.82 bits per heavy atom. The van der Waals surface area contributed by atoms with Gasteiger partial charge in [0.05, 0.1) is 18.2 Å². The lowest BCUT2D eigenvalue weighted by atomic mass is 9.94. The monoisotopic (exact) mass is 293 g/mol. The third-order valence-electron chi connectivity index (χ3n) is 4.20. The van der Waals surface area contributed by atoms with E-state index in [4.69, 9.17) is 4.74 Å². The Labute approximate surface area is 127 Å². The number of ether oxygens (including phenoxy) is 1. The molecule has 2 heterocycles. The number of Topliss-reactive ketones (excluding diaryl/α,β-unsaturated/α-hetero) is 1. The molecule has 22 heavy (non-hydrogen) atoms. The molecule has 1 aromatic carbocycles. The van der Waals surface area contributed by atoms with Crippen molar-refractivity contribution in [1.82, 2.24) is 15.2 Å². The number of nitrogens with one attached hydrogen (secondary N) is 1. The lowest BCUT2D eigenvalue weighted by Gasteiger charge is -2.13. The number of aromatic nitrogens is 3. The summed E-state index contributed by atoms with van der Waals surface area (Å²) in [4.78, 5) is 17.0. The number of fused-ring (bicyclic) bond motifs is 2. The molecule has 0 radical (unpaired) electrons. The van der Waals surface area contributed by atoms with E-state index in [2.05, 4.69) is 15.2 Å². The molecule has 0 saturated heterocycles. The number of H-pyrrole nitrogens is 1. The minimum atomic E-state index is 0.144. The first-order chi connectivity index (χ1) is 10.7. The average molecular weight is 293 g/mol. The van der Waals surface area contributed by atoms with Crippen molar-refractivity contribution in [2.45, 2.75) is 19.8 Å². The molecule has 1 N–H and O–H groups in total. The molecule has 1 aliphatic rings. The van der Waals surface area contributed by atoms with Crippen molar-refractivity contribution < 1.29 is 9.53 Å². The van der Waals surface area contributed by atoms with Crippen molar-refractivity contribution in [2.75, 3.05) is 7.11 Å². The SMILES string of the molecule is COc1ccccc1-c1c2c(nc3n[nH]c(C)c13)CCC2=O. The fourth-order valence-corrected chi connectivity index (χ4v) is 3.21. The lowest BCUT2D eigenvalue weighted by Crippen LogP contribution is -2.00. The second-order valence-electron chi connectivity index (χ2n) is 5.48. The molecule has 0 saturated carbocycles. The van der Waals surface area contributed by atoms with Crippen molar-refractivity contribution in [1.29, 1.82) is 0 Å². The molecular weight excluding hydrogens is 278 g/mol. The molecule has 0 fully saturated rings. The van der Waals surface area contributed by atoms with Crippen LogP contribution in [0.25, 0.3) is 22.2 Å². The van der Waals surface area contributed by atoms with E-state index in [1.165, 1.54) is 0 Å². The molecule has 2 aromatic heterocycles. The second-order valence-corrected chi connectivity index (χ2v) is 5.48. The van der Waals surface area contributed by atoms with E-state index >= 15 is 0 Å². The van der Waals surface area contributed by atoms with Gasteiger partial charge in [-0.15, -0.1) is 0 Å². The van der Waals surface area contributed by atoms with Crippen LogP contribution in [0.2, 0.25) is 0 Å². The highest BCUT2D eigenvalue weighted by molar-refractivity contribution is 6.13. The zero-order valence-electron chi connectivity index (χ0n) is 12.4. The number of carbonyl (C=O) groups is 1. The number of hydrogen-bond donors (Lipinski definition) is 1. The third-order valence-corrected chi connectivity index (χ3v) is 4.20. The van der Waals surface area contributed by atoms with E-state index in [-0.39, 0.29) is 5.78 Å². The van der Waals surface area contributed by atoms with Gasteiger partial charge in [0.15, 0.2) is 11.4 Å². The average Bonchev–Trinajstić information content (AvgIpc) is 3.09. The summed E-state index contributed by atoms with van der Waals surface area (Å²) in [5.41, 5.74) is 4.93. The topological polar surface area (TPSA) is 67.9 Å². The zero-order chi connectivity index (χ0) is 15.3. The molecule has 4 rings (SSSR count). The van der Waals surface area contributed by atoms with Crippen LogP contribution >= 0.6 is 0 Å². The molecule has 0 aliphatic heterocycles. The Hall–Kier alpha value is -2.69. The van der Waals surface area contributed by atoms with Gasteiger partial charge in [0.2, 0.25) is 0 Å². The maximum absolute atomic E-state index is 12.4. The summed E-state index contributed by atoms with van der Waals surface area (Å²) in [7, 11) is 1.64. The Morgan fingerprint density at radius 1 is 1.18 bits per heavy atom. The highest BCUT2D eigenvalue weighted by Gasteiger charge is 2.29. The number of hydrogen-bond acceptors (Lipinski definition) is 4. The van der Waals surface area contributed by atoms with Crippen LogP contribution in [0, 0.1) is 6.92 Å². The maximum atomic E-state index is 12.4. The number of para-hydroxylation sites is 1. The van der Waals surface area contributed by atoms with Crippen molar-refractivity contribution in [3.63, 3.8) is 0 Å². The molecule has 0 bridgehead atoms. The van der Waals surface area contributed by atoms with Crippen molar-refractivity contribution in [2.24, 2.45) is 0 Å². The van der Waals surface area contributed by atoms with Crippen molar-refractivity contribution in [3.05, 3.63) is 41.2 Å². The van der Waals surface area contributed by atoms with Crippen molar-refractivity contribution >= 4 is 16.8 Å². The molecule has 0 unspecified atom stereocenters. The van der Waals surface area contributed by atoms with Gasteiger partial charge >= 0.3 is 0 Å². The molecule has 0 amide bonds. The second kappa shape index (κ2) is 4.66. The Morgan fingerprint density at radius 2 is 2.00 bits per heavy atom. The van der Waals surface area contributed by atoms with Gasteiger partial charge in [0, 0.05) is 28.8 Å². The highest BCUT2D eigenvalue weighted by Crippen LogP contribution is 2.41. The first kappa shape index (κ1) is 13.0. The van der Waals surface area contributed by atoms with Gasteiger partial charge in [0.25, 0.3) is 0 Å². The molecule has 5 nitrogen and oxygen atoms in total. The minimum Gasteiger partial charge on any atom is -0.496 e. The number of pyridine rings is 1. The van der Waals surface area contributed by atoms with Crippen LogP contribution in [0.15, 0.2) is 24.3 Å². The standard InChI is InChI=1S/C17H15N3O2/c1-9-14-15(10-5-3-4-6-13(10)22-2)16-11(7-8-12(16)21)18-17(14)20-19-9/h3-6H,7-8H2,1-2H3,(H,18,19,20). The highest BCUT2D eigenvalue weighted by atomic mass is 16.5. The molecule has 1 aliphatic carbocycles. The summed E-state index contributed by atoms with van der Waals surface area (Å²) in [6.45, 7) is 1.95. The normalized spacial score (nSPS) is 13.6. The molecule has 5 heteroatoms. The van der Waals surface area contributed by atoms with E-state index < -0.39 is 0 Å². The number of rotatable bonds is 2. The van der Waals surface area contributed by atoms with Crippen molar-refractivity contribution in [3.8, 4) is 16.9 Å². The number of benzene rings is 1. The van der Waals surface area contributed by atoms with Gasteiger partial charge in [-0.25, -0.2) is 4.98 Å². The van der Waals surface area contributed by atoms with E-state index in [0.29, 0.717) is 18.5 Å². The largest absolute Gasteiger partial charge is 0.496 e. The number of nitrogens with zero attached hydrogens (tertiary/aromatic N) is 2. The van der Waals surface area contributed by atoms with Gasteiger partial charge < -0.3 is 4.74 Å². The van der Waals surface area contributed by atoms with Crippen LogP contribution in [0.5, 0.6) is 5.75 Å². The maximum Gasteiger partial charge on any atom is 0.182 e. The van der Waals surface area contributed by atoms with Gasteiger partial charge in [-0.3, -0.25) is 9.89 Å². The number of methoxy groups -OCH3 is 1. The number of aromatic amines is 1. The smallest absolute Gasteiger partial charge is 0.182 e. The fourth-order valence-electron chi connectivity index (χ4n) is 3.21. The van der Waals surface area contributed by atoms with Crippen LogP contribution in [0.4, 0.5) is 0 Å². The van der Waals surface area contributed by atoms with E-state index in [1.54, 1.807) is 7.11 Å². The Balaban J connectivity index is 2.18. The van der Waals surface area contributed by atoms with Gasteiger partial charge in [-0.1, -0.05) is 18.2 Å². The predicted octanol–water partition coefficient (Wildman–Crippen LogP) is 3.07. The first-order valence-corrected chi connectivity index (χ1v) is 7.25. The Kier molecular flexibility index (Phi) is 2.76. The third kappa shape index (κ3) is 1.68. The summed E-state index contributed by atoms with van der Waals surface area (Å²) in [6.07, 6.45) is 1.19. The zero-order valence-corrected chi connectivity index (χ0v) is 12.4. The van der Waals surface area contributed by atoms with Crippen LogP contribution in [-0.4, -0.2) is 28.1 Å². The van der Waals surface area contributed by atoms with Gasteiger partial charge in [0.1, 0.15) is 5.75 Å². The predicted molar refractivity (Wildman–Crippen MR) is 83.3 cm³/mol. The quantitative estimate of drug-likeness (QED) is 0.788. The van der Waals surface area contributed by atoms with Crippen LogP contribution in [-0.2, 0) is 6.42 Å². The Bertz CT molecular complexity index is 912. The summed E-state index contributed by atoms with van der Waals surface area (Å²) >= 11 is 0. The summed E-state index contributed by atoms with van der Waals surface area (Å²) in [5, 5.41) is 8.15. The fraction of sp³-hybridized carbons (Fsp3) is 0.235. The molecule has 0 atom stereocenters. The summed E-state index contributed by atoms with van der Waals surface area (Å²) < 4.78 is 5.50. The van der Waals surface area contributed by atoms with Gasteiger partial charge in [-0.2, -0.15) is 5.10 Å². The first-order valence-electron chi connectivity index (χ1n) is 7.25. The van der Waals surface area contributed by atoms with Crippen LogP contribution in [0.3, 0.4) is 0 Å². The number of carbonyl (C=O) groups excluding carboxylic acids is 1. The minimum absolute atomic E-state index is 0.144. The lowest BCUT2D eigenvalue weighted by molar-refractivity contribution is 0.0995. The van der Waals surface area contributed by atoms with Crippen LogP contribution < -0.4 is 4.74 Å². The van der Waals surface area contributed by atoms with E-state index in [1.807, 2.05) is 31.2 Å². The van der Waals surface area contributed by atoms with E-state index in [0.717, 1.165) is 39.2 Å².